The molecule has 0 atom stereocenters. The maximum absolute atomic E-state index is 13.2. The molecule has 0 fully saturated rings. The summed E-state index contributed by atoms with van der Waals surface area (Å²) in [7, 11) is 0. The van der Waals surface area contributed by atoms with E-state index in [2.05, 4.69) is 0 Å². The van der Waals surface area contributed by atoms with Crippen LogP contribution in [-0.4, -0.2) is 0 Å². The van der Waals surface area contributed by atoms with E-state index in [1.165, 1.54) is 18.2 Å². The molecule has 2 aromatic rings. The molecule has 0 saturated carbocycles. The predicted molar refractivity (Wildman–Crippen MR) is 66.6 cm³/mol. The molecule has 0 aromatic heterocycles. The number of anilines is 1. The zero-order chi connectivity index (χ0) is 13.1. The average molecular weight is 270 g/mol. The summed E-state index contributed by atoms with van der Waals surface area (Å²) in [6.07, 6.45) is 0. The first-order chi connectivity index (χ1) is 8.56. The van der Waals surface area contributed by atoms with Crippen molar-refractivity contribution in [2.45, 2.75) is 6.61 Å². The molecule has 0 saturated heterocycles. The Morgan fingerprint density at radius 2 is 1.78 bits per heavy atom. The summed E-state index contributed by atoms with van der Waals surface area (Å²) in [6, 6.07) is 8.22. The van der Waals surface area contributed by atoms with Crippen molar-refractivity contribution < 1.29 is 13.5 Å². The topological polar surface area (TPSA) is 35.2 Å². The van der Waals surface area contributed by atoms with Gasteiger partial charge in [-0.3, -0.25) is 0 Å². The highest BCUT2D eigenvalue weighted by atomic mass is 35.5. The second-order valence-corrected chi connectivity index (χ2v) is 4.13. The van der Waals surface area contributed by atoms with Crippen molar-refractivity contribution in [3.05, 3.63) is 58.6 Å². The molecule has 94 valence electrons. The lowest BCUT2D eigenvalue weighted by atomic mass is 10.2. The molecule has 2 rings (SSSR count). The molecule has 0 amide bonds. The third-order valence-electron chi connectivity index (χ3n) is 2.36. The van der Waals surface area contributed by atoms with Crippen molar-refractivity contribution in [2.24, 2.45) is 0 Å². The van der Waals surface area contributed by atoms with Crippen LogP contribution in [0.4, 0.5) is 14.5 Å². The van der Waals surface area contributed by atoms with Crippen LogP contribution >= 0.6 is 11.6 Å². The summed E-state index contributed by atoms with van der Waals surface area (Å²) in [5.74, 6) is -0.712. The van der Waals surface area contributed by atoms with E-state index in [-0.39, 0.29) is 28.9 Å². The Labute approximate surface area is 108 Å². The van der Waals surface area contributed by atoms with Gasteiger partial charge in [-0.05, 0) is 23.8 Å². The fraction of sp³-hybridized carbons (Fsp3) is 0.0769. The van der Waals surface area contributed by atoms with E-state index in [9.17, 15) is 8.78 Å². The average Bonchev–Trinajstić information content (AvgIpc) is 2.34. The Bertz CT molecular complexity index is 558. The highest BCUT2D eigenvalue weighted by Crippen LogP contribution is 2.29. The highest BCUT2D eigenvalue weighted by Gasteiger charge is 2.07. The maximum Gasteiger partial charge on any atom is 0.149 e. The molecular weight excluding hydrogens is 260 g/mol. The zero-order valence-electron chi connectivity index (χ0n) is 9.29. The molecule has 0 radical (unpaired) electrons. The van der Waals surface area contributed by atoms with Crippen LogP contribution in [0.2, 0.25) is 5.02 Å². The maximum atomic E-state index is 13.2. The summed E-state index contributed by atoms with van der Waals surface area (Å²) in [6.45, 7) is 0.170. The summed E-state index contributed by atoms with van der Waals surface area (Å²) in [5, 5.41) is 0.232. The molecule has 2 N–H and O–H groups in total. The van der Waals surface area contributed by atoms with Gasteiger partial charge in [0.05, 0.1) is 10.7 Å². The molecule has 2 nitrogen and oxygen atoms in total. The van der Waals surface area contributed by atoms with Gasteiger partial charge in [0.25, 0.3) is 0 Å². The minimum atomic E-state index is -0.589. The minimum absolute atomic E-state index is 0.0332. The minimum Gasteiger partial charge on any atom is -0.487 e. The molecule has 18 heavy (non-hydrogen) atoms. The summed E-state index contributed by atoms with van der Waals surface area (Å²) < 4.78 is 31.3. The van der Waals surface area contributed by atoms with Gasteiger partial charge >= 0.3 is 0 Å². The van der Waals surface area contributed by atoms with Crippen LogP contribution in [0.15, 0.2) is 36.4 Å². The van der Waals surface area contributed by atoms with Gasteiger partial charge in [-0.25, -0.2) is 8.78 Å². The fourth-order valence-corrected chi connectivity index (χ4v) is 1.62. The first-order valence-corrected chi connectivity index (χ1v) is 5.56. The standard InChI is InChI=1S/C13H10ClF2NO/c14-10-5-12(17)11(16)6-13(10)18-7-8-1-3-9(15)4-2-8/h1-6H,7,17H2. The largest absolute Gasteiger partial charge is 0.487 e. The highest BCUT2D eigenvalue weighted by molar-refractivity contribution is 6.32. The van der Waals surface area contributed by atoms with Gasteiger partial charge in [0.1, 0.15) is 24.0 Å². The van der Waals surface area contributed by atoms with Crippen molar-refractivity contribution in [1.29, 1.82) is 0 Å². The van der Waals surface area contributed by atoms with Crippen LogP contribution < -0.4 is 10.5 Å². The number of nitrogen functional groups attached to an aromatic ring is 1. The molecule has 2 aromatic carbocycles. The lowest BCUT2D eigenvalue weighted by molar-refractivity contribution is 0.305. The number of ether oxygens (including phenoxy) is 1. The number of benzene rings is 2. The van der Waals surface area contributed by atoms with Crippen molar-refractivity contribution in [3.63, 3.8) is 0 Å². The van der Waals surface area contributed by atoms with E-state index >= 15 is 0 Å². The number of rotatable bonds is 3. The van der Waals surface area contributed by atoms with Gasteiger partial charge in [-0.1, -0.05) is 23.7 Å². The van der Waals surface area contributed by atoms with E-state index in [0.717, 1.165) is 11.6 Å². The van der Waals surface area contributed by atoms with E-state index in [0.29, 0.717) is 0 Å². The van der Waals surface area contributed by atoms with Gasteiger partial charge in [0, 0.05) is 6.07 Å². The van der Waals surface area contributed by atoms with E-state index < -0.39 is 5.82 Å². The summed E-state index contributed by atoms with van der Waals surface area (Å²) >= 11 is 5.86. The Morgan fingerprint density at radius 1 is 1.11 bits per heavy atom. The number of hydrogen-bond donors (Lipinski definition) is 1. The molecule has 0 bridgehead atoms. The molecular formula is C13H10ClF2NO. The van der Waals surface area contributed by atoms with E-state index in [1.54, 1.807) is 12.1 Å². The second kappa shape index (κ2) is 5.23. The number of hydrogen-bond acceptors (Lipinski definition) is 2. The molecule has 0 unspecified atom stereocenters. The molecule has 5 heteroatoms. The first-order valence-electron chi connectivity index (χ1n) is 5.18. The van der Waals surface area contributed by atoms with Crippen LogP contribution in [-0.2, 0) is 6.61 Å². The zero-order valence-corrected chi connectivity index (χ0v) is 10.0. The van der Waals surface area contributed by atoms with Crippen molar-refractivity contribution in [2.75, 3.05) is 5.73 Å². The smallest absolute Gasteiger partial charge is 0.149 e. The SMILES string of the molecule is Nc1cc(Cl)c(OCc2ccc(F)cc2)cc1F. The van der Waals surface area contributed by atoms with E-state index in [4.69, 9.17) is 22.1 Å². The quantitative estimate of drug-likeness (QED) is 0.861. The summed E-state index contributed by atoms with van der Waals surface area (Å²) in [4.78, 5) is 0. The normalized spacial score (nSPS) is 10.4. The Kier molecular flexibility index (Phi) is 3.67. The monoisotopic (exact) mass is 269 g/mol. The van der Waals surface area contributed by atoms with Gasteiger partial charge in [0.2, 0.25) is 0 Å². The lowest BCUT2D eigenvalue weighted by Gasteiger charge is -2.09. The number of nitrogens with two attached hydrogens (primary N) is 1. The van der Waals surface area contributed by atoms with Crippen LogP contribution in [0.1, 0.15) is 5.56 Å². The molecule has 0 aliphatic heterocycles. The number of halogens is 3. The van der Waals surface area contributed by atoms with Gasteiger partial charge in [-0.2, -0.15) is 0 Å². The predicted octanol–water partition coefficient (Wildman–Crippen LogP) is 3.78. The summed E-state index contributed by atoms with van der Waals surface area (Å²) in [5.41, 5.74) is 6.08. The Hall–Kier alpha value is -1.81. The van der Waals surface area contributed by atoms with E-state index in [1.807, 2.05) is 0 Å². The first kappa shape index (κ1) is 12.6. The second-order valence-electron chi connectivity index (χ2n) is 3.72. The van der Waals surface area contributed by atoms with Gasteiger partial charge in [0.15, 0.2) is 0 Å². The van der Waals surface area contributed by atoms with Gasteiger partial charge < -0.3 is 10.5 Å². The molecule has 0 heterocycles. The van der Waals surface area contributed by atoms with Crippen molar-refractivity contribution in [1.82, 2.24) is 0 Å². The third-order valence-corrected chi connectivity index (χ3v) is 2.65. The van der Waals surface area contributed by atoms with Crippen molar-refractivity contribution in [3.8, 4) is 5.75 Å². The van der Waals surface area contributed by atoms with Gasteiger partial charge in [-0.15, -0.1) is 0 Å². The fourth-order valence-electron chi connectivity index (χ4n) is 1.40. The van der Waals surface area contributed by atoms with Crippen LogP contribution in [0.5, 0.6) is 5.75 Å². The van der Waals surface area contributed by atoms with Crippen LogP contribution in [0, 0.1) is 11.6 Å². The van der Waals surface area contributed by atoms with Crippen LogP contribution in [0.25, 0.3) is 0 Å². The molecule has 0 spiro atoms. The third kappa shape index (κ3) is 2.90. The Morgan fingerprint density at radius 3 is 2.44 bits per heavy atom. The van der Waals surface area contributed by atoms with Crippen molar-refractivity contribution >= 4 is 17.3 Å². The Balaban J connectivity index is 2.10. The lowest BCUT2D eigenvalue weighted by Crippen LogP contribution is -1.98. The molecule has 0 aliphatic carbocycles. The molecule has 0 aliphatic rings. The van der Waals surface area contributed by atoms with Crippen LogP contribution in [0.3, 0.4) is 0 Å².